The van der Waals surface area contributed by atoms with Crippen LogP contribution in [0.15, 0.2) is 36.7 Å². The van der Waals surface area contributed by atoms with E-state index < -0.39 is 5.82 Å². The van der Waals surface area contributed by atoms with Crippen molar-refractivity contribution < 1.29 is 13.9 Å². The number of fused-ring (bicyclic) bond motifs is 1. The van der Waals surface area contributed by atoms with Gasteiger partial charge in [-0.1, -0.05) is 17.7 Å². The number of benzene rings is 2. The molecular weight excluding hydrogens is 395 g/mol. The summed E-state index contributed by atoms with van der Waals surface area (Å²) in [5, 5.41) is 3.73. The summed E-state index contributed by atoms with van der Waals surface area (Å²) in [5.41, 5.74) is 6.88. The largest absolute Gasteiger partial charge is 0.493 e. The highest BCUT2D eigenvalue weighted by Crippen LogP contribution is 2.37. The molecule has 29 heavy (non-hydrogen) atoms. The zero-order valence-corrected chi connectivity index (χ0v) is 16.7. The Kier molecular flexibility index (Phi) is 5.69. The summed E-state index contributed by atoms with van der Waals surface area (Å²) in [4.78, 5) is 8.59. The Bertz CT molecular complexity index is 1020. The van der Waals surface area contributed by atoms with Crippen LogP contribution in [0.25, 0.3) is 10.9 Å². The molecule has 1 fully saturated rings. The summed E-state index contributed by atoms with van der Waals surface area (Å²) < 4.78 is 26.1. The molecule has 4 rings (SSSR count). The number of anilines is 2. The van der Waals surface area contributed by atoms with Crippen LogP contribution in [-0.2, 0) is 0 Å². The van der Waals surface area contributed by atoms with Gasteiger partial charge in [0.25, 0.3) is 0 Å². The highest BCUT2D eigenvalue weighted by molar-refractivity contribution is 6.31. The molecule has 0 aliphatic heterocycles. The van der Waals surface area contributed by atoms with E-state index in [1.54, 1.807) is 25.3 Å². The summed E-state index contributed by atoms with van der Waals surface area (Å²) in [6.07, 6.45) is 5.15. The standard InChI is InChI=1S/C21H22ClFN4O2/c1-28-18-10-17-14(9-19(18)29-13-7-5-12(24)6-8-13)21(26-11-25-17)27-16-4-2-3-15(22)20(16)23/h2-4,9-13H,5-8,24H2,1H3,(H,25,26,27)/t12-,13+. The SMILES string of the molecule is COc1cc2ncnc(Nc3cccc(Cl)c3F)c2cc1O[C@H]1CC[C@@H](N)CC1. The fourth-order valence-electron chi connectivity index (χ4n) is 3.53. The second kappa shape index (κ2) is 8.39. The molecule has 0 bridgehead atoms. The Hall–Kier alpha value is -2.64. The monoisotopic (exact) mass is 416 g/mol. The molecular formula is C21H22ClFN4O2. The fourth-order valence-corrected chi connectivity index (χ4v) is 3.70. The molecule has 1 saturated carbocycles. The molecule has 1 heterocycles. The van der Waals surface area contributed by atoms with Gasteiger partial charge in [-0.2, -0.15) is 0 Å². The van der Waals surface area contributed by atoms with Crippen molar-refractivity contribution in [1.29, 1.82) is 0 Å². The third-order valence-electron chi connectivity index (χ3n) is 5.14. The average Bonchev–Trinajstić information content (AvgIpc) is 2.73. The molecule has 0 spiro atoms. The molecule has 3 aromatic rings. The lowest BCUT2D eigenvalue weighted by Gasteiger charge is -2.27. The van der Waals surface area contributed by atoms with Crippen LogP contribution in [0.1, 0.15) is 25.7 Å². The van der Waals surface area contributed by atoms with E-state index in [9.17, 15) is 4.39 Å². The van der Waals surface area contributed by atoms with Crippen molar-refractivity contribution in [2.45, 2.75) is 37.8 Å². The van der Waals surface area contributed by atoms with Crippen molar-refractivity contribution in [2.24, 2.45) is 5.73 Å². The van der Waals surface area contributed by atoms with Crippen LogP contribution in [0, 0.1) is 5.82 Å². The lowest BCUT2D eigenvalue weighted by atomic mass is 9.94. The molecule has 0 amide bonds. The minimum Gasteiger partial charge on any atom is -0.493 e. The topological polar surface area (TPSA) is 82.3 Å². The van der Waals surface area contributed by atoms with E-state index in [2.05, 4.69) is 15.3 Å². The number of nitrogens with zero attached hydrogens (tertiary/aromatic N) is 2. The number of hydrogen-bond acceptors (Lipinski definition) is 6. The third-order valence-corrected chi connectivity index (χ3v) is 5.43. The van der Waals surface area contributed by atoms with Gasteiger partial charge in [0.2, 0.25) is 0 Å². The molecule has 1 aliphatic rings. The molecule has 1 aromatic heterocycles. The average molecular weight is 417 g/mol. The maximum atomic E-state index is 14.3. The van der Waals surface area contributed by atoms with E-state index in [4.69, 9.17) is 26.8 Å². The normalized spacial score (nSPS) is 19.2. The van der Waals surface area contributed by atoms with Gasteiger partial charge >= 0.3 is 0 Å². The molecule has 6 nitrogen and oxygen atoms in total. The van der Waals surface area contributed by atoms with E-state index in [1.807, 2.05) is 6.07 Å². The minimum atomic E-state index is -0.538. The number of halogens is 2. The van der Waals surface area contributed by atoms with E-state index in [1.165, 1.54) is 12.4 Å². The second-order valence-electron chi connectivity index (χ2n) is 7.12. The zero-order valence-electron chi connectivity index (χ0n) is 16.0. The Morgan fingerprint density at radius 3 is 2.69 bits per heavy atom. The predicted molar refractivity (Wildman–Crippen MR) is 112 cm³/mol. The first-order valence-electron chi connectivity index (χ1n) is 9.51. The fraction of sp³-hybridized carbons (Fsp3) is 0.333. The first-order valence-corrected chi connectivity index (χ1v) is 9.89. The number of aromatic nitrogens is 2. The molecule has 152 valence electrons. The van der Waals surface area contributed by atoms with Gasteiger partial charge in [0.15, 0.2) is 17.3 Å². The van der Waals surface area contributed by atoms with Gasteiger partial charge in [-0.05, 0) is 43.9 Å². The van der Waals surface area contributed by atoms with Crippen LogP contribution < -0.4 is 20.5 Å². The summed E-state index contributed by atoms with van der Waals surface area (Å²) >= 11 is 5.89. The lowest BCUT2D eigenvalue weighted by molar-refractivity contribution is 0.142. The quantitative estimate of drug-likeness (QED) is 0.620. The highest BCUT2D eigenvalue weighted by Gasteiger charge is 2.22. The van der Waals surface area contributed by atoms with Crippen LogP contribution in [0.4, 0.5) is 15.9 Å². The molecule has 8 heteroatoms. The summed E-state index contributed by atoms with van der Waals surface area (Å²) in [7, 11) is 1.59. The second-order valence-corrected chi connectivity index (χ2v) is 7.53. The molecule has 0 radical (unpaired) electrons. The molecule has 0 atom stereocenters. The lowest BCUT2D eigenvalue weighted by Crippen LogP contribution is -2.31. The summed E-state index contributed by atoms with van der Waals surface area (Å²) in [6.45, 7) is 0. The number of hydrogen-bond donors (Lipinski definition) is 2. The van der Waals surface area contributed by atoms with E-state index >= 15 is 0 Å². The minimum absolute atomic E-state index is 0.0366. The Balaban J connectivity index is 1.70. The maximum Gasteiger partial charge on any atom is 0.165 e. The maximum absolute atomic E-state index is 14.3. The molecule has 1 aliphatic carbocycles. The van der Waals surface area contributed by atoms with E-state index in [0.29, 0.717) is 28.2 Å². The molecule has 2 aromatic carbocycles. The van der Waals surface area contributed by atoms with Gasteiger partial charge in [-0.3, -0.25) is 0 Å². The predicted octanol–water partition coefficient (Wildman–Crippen LogP) is 4.82. The van der Waals surface area contributed by atoms with Crippen molar-refractivity contribution in [2.75, 3.05) is 12.4 Å². The Labute approximate surface area is 173 Å². The van der Waals surface area contributed by atoms with Crippen molar-refractivity contribution >= 4 is 34.0 Å². The first kappa shape index (κ1) is 19.7. The van der Waals surface area contributed by atoms with Crippen LogP contribution in [-0.4, -0.2) is 29.2 Å². The Morgan fingerprint density at radius 1 is 1.14 bits per heavy atom. The molecule has 0 saturated heterocycles. The molecule has 3 N–H and O–H groups in total. The van der Waals surface area contributed by atoms with E-state index in [-0.39, 0.29) is 22.9 Å². The van der Waals surface area contributed by atoms with Crippen molar-refractivity contribution in [1.82, 2.24) is 9.97 Å². The van der Waals surface area contributed by atoms with Crippen molar-refractivity contribution in [3.05, 3.63) is 47.5 Å². The number of methoxy groups -OCH3 is 1. The number of nitrogens with two attached hydrogens (primary N) is 1. The van der Waals surface area contributed by atoms with Crippen LogP contribution in [0.3, 0.4) is 0 Å². The third kappa shape index (κ3) is 4.21. The van der Waals surface area contributed by atoms with Gasteiger partial charge < -0.3 is 20.5 Å². The number of nitrogens with one attached hydrogen (secondary N) is 1. The zero-order chi connectivity index (χ0) is 20.4. The van der Waals surface area contributed by atoms with Gasteiger partial charge in [0.1, 0.15) is 12.1 Å². The van der Waals surface area contributed by atoms with Gasteiger partial charge in [0.05, 0.1) is 29.4 Å². The van der Waals surface area contributed by atoms with Crippen LogP contribution in [0.5, 0.6) is 11.5 Å². The van der Waals surface area contributed by atoms with Crippen molar-refractivity contribution in [3.63, 3.8) is 0 Å². The van der Waals surface area contributed by atoms with Gasteiger partial charge in [-0.25, -0.2) is 14.4 Å². The smallest absolute Gasteiger partial charge is 0.165 e. The molecule has 0 unspecified atom stereocenters. The highest BCUT2D eigenvalue weighted by atomic mass is 35.5. The summed E-state index contributed by atoms with van der Waals surface area (Å²) in [6, 6.07) is 8.62. The number of ether oxygens (including phenoxy) is 2. The number of rotatable bonds is 5. The van der Waals surface area contributed by atoms with Gasteiger partial charge in [-0.15, -0.1) is 0 Å². The van der Waals surface area contributed by atoms with Crippen LogP contribution in [0.2, 0.25) is 5.02 Å². The Morgan fingerprint density at radius 2 is 1.93 bits per heavy atom. The van der Waals surface area contributed by atoms with Gasteiger partial charge in [0, 0.05) is 17.5 Å². The van der Waals surface area contributed by atoms with Crippen LogP contribution >= 0.6 is 11.6 Å². The first-order chi connectivity index (χ1) is 14.0. The van der Waals surface area contributed by atoms with Crippen molar-refractivity contribution in [3.8, 4) is 11.5 Å². The van der Waals surface area contributed by atoms with E-state index in [0.717, 1.165) is 25.7 Å². The summed E-state index contributed by atoms with van der Waals surface area (Å²) in [5.74, 6) is 1.11.